The minimum Gasteiger partial charge on any atom is -0.348 e. The Morgan fingerprint density at radius 1 is 0.943 bits per heavy atom. The highest BCUT2D eigenvalue weighted by Gasteiger charge is 2.62. The van der Waals surface area contributed by atoms with Gasteiger partial charge in [0.2, 0.25) is 0 Å². The first-order valence-corrected chi connectivity index (χ1v) is 13.9. The maximum Gasteiger partial charge on any atom is 0.140 e. The quantitative estimate of drug-likeness (QED) is 0.515. The van der Waals surface area contributed by atoms with Crippen molar-refractivity contribution in [1.82, 2.24) is 10.2 Å². The van der Waals surface area contributed by atoms with Crippen LogP contribution in [0.15, 0.2) is 54.6 Å². The van der Waals surface area contributed by atoms with E-state index in [1.807, 2.05) is 0 Å². The second kappa shape index (κ2) is 7.78. The molecule has 184 valence electrons. The van der Waals surface area contributed by atoms with Crippen molar-refractivity contribution in [2.45, 2.75) is 94.5 Å². The fourth-order valence-corrected chi connectivity index (χ4v) is 7.76. The topological polar surface area (TPSA) is 27.8 Å². The number of fused-ring (bicyclic) bond motifs is 3. The van der Waals surface area contributed by atoms with Gasteiger partial charge in [-0.05, 0) is 99.4 Å². The zero-order valence-corrected chi connectivity index (χ0v) is 21.6. The number of nitrogens with zero attached hydrogens (tertiary/aromatic N) is 1. The van der Waals surface area contributed by atoms with Crippen molar-refractivity contribution in [3.05, 3.63) is 76.9 Å². The maximum absolute atomic E-state index is 5.91. The zero-order valence-electron chi connectivity index (χ0n) is 21.6. The summed E-state index contributed by atoms with van der Waals surface area (Å²) in [5, 5.41) is 3.56. The molecular formula is C32H40N2O. The maximum atomic E-state index is 5.91. The van der Waals surface area contributed by atoms with E-state index in [9.17, 15) is 0 Å². The predicted molar refractivity (Wildman–Crippen MR) is 142 cm³/mol. The SMILES string of the molecule is CC(C)(C)NC1OC1c1ccc(C2CCC(N3CCC4(C=Cc5ccccc54)C4(CC4)C3)C2)cc1. The summed E-state index contributed by atoms with van der Waals surface area (Å²) in [7, 11) is 0. The molecule has 0 bridgehead atoms. The van der Waals surface area contributed by atoms with Crippen LogP contribution in [0.1, 0.15) is 93.6 Å². The lowest BCUT2D eigenvalue weighted by Gasteiger charge is -2.48. The van der Waals surface area contributed by atoms with Gasteiger partial charge in [0.25, 0.3) is 0 Å². The van der Waals surface area contributed by atoms with E-state index in [2.05, 4.69) is 91.7 Å². The van der Waals surface area contributed by atoms with E-state index < -0.39 is 0 Å². The standard InChI is InChI=1S/C32H40N2O/c1-30(2,3)33-29-28(35-29)24-10-8-22(9-11-24)25-12-13-26(20-25)34-19-18-32(31(21-34)16-17-31)15-14-23-6-4-5-7-27(23)32/h4-11,14-15,25-26,28-29,33H,12-13,16-21H2,1-3H3. The van der Waals surface area contributed by atoms with Gasteiger partial charge in [-0.25, -0.2) is 0 Å². The Kier molecular flexibility index (Phi) is 4.95. The molecule has 3 aliphatic carbocycles. The summed E-state index contributed by atoms with van der Waals surface area (Å²) < 4.78 is 5.91. The molecule has 5 atom stereocenters. The number of ether oxygens (including phenoxy) is 1. The van der Waals surface area contributed by atoms with Gasteiger partial charge in [-0.15, -0.1) is 0 Å². The van der Waals surface area contributed by atoms with Crippen molar-refractivity contribution in [1.29, 1.82) is 0 Å². The lowest BCUT2D eigenvalue weighted by Crippen LogP contribution is -2.52. The monoisotopic (exact) mass is 468 g/mol. The molecule has 3 heteroatoms. The highest BCUT2D eigenvalue weighted by Crippen LogP contribution is 2.66. The van der Waals surface area contributed by atoms with E-state index in [-0.39, 0.29) is 17.9 Å². The van der Waals surface area contributed by atoms with Crippen LogP contribution in [0, 0.1) is 5.41 Å². The molecule has 5 unspecified atom stereocenters. The second-order valence-corrected chi connectivity index (χ2v) is 13.1. The summed E-state index contributed by atoms with van der Waals surface area (Å²) in [6.45, 7) is 9.13. The van der Waals surface area contributed by atoms with Crippen LogP contribution in [0.4, 0.5) is 0 Å². The smallest absolute Gasteiger partial charge is 0.140 e. The van der Waals surface area contributed by atoms with Crippen LogP contribution in [0.2, 0.25) is 0 Å². The number of hydrogen-bond acceptors (Lipinski definition) is 3. The molecule has 7 rings (SSSR count). The first-order chi connectivity index (χ1) is 16.9. The molecule has 35 heavy (non-hydrogen) atoms. The van der Waals surface area contributed by atoms with Crippen molar-refractivity contribution >= 4 is 6.08 Å². The van der Waals surface area contributed by atoms with Crippen LogP contribution in [0.3, 0.4) is 0 Å². The van der Waals surface area contributed by atoms with E-state index >= 15 is 0 Å². The lowest BCUT2D eigenvalue weighted by molar-refractivity contribution is 0.0675. The van der Waals surface area contributed by atoms with Crippen LogP contribution >= 0.6 is 0 Å². The lowest BCUT2D eigenvalue weighted by atomic mass is 9.64. The number of epoxide rings is 1. The highest BCUT2D eigenvalue weighted by atomic mass is 16.6. The van der Waals surface area contributed by atoms with E-state index in [4.69, 9.17) is 4.74 Å². The summed E-state index contributed by atoms with van der Waals surface area (Å²) in [6, 6.07) is 19.3. The number of piperidine rings is 1. The molecule has 2 heterocycles. The van der Waals surface area contributed by atoms with Crippen LogP contribution < -0.4 is 5.32 Å². The summed E-state index contributed by atoms with van der Waals surface area (Å²) in [6.07, 6.45) is 13.5. The third-order valence-electron chi connectivity index (χ3n) is 9.81. The predicted octanol–water partition coefficient (Wildman–Crippen LogP) is 6.56. The average Bonchev–Trinajstić information content (AvgIpc) is 3.69. The Hall–Kier alpha value is -1.94. The molecule has 0 radical (unpaired) electrons. The third kappa shape index (κ3) is 3.74. The normalized spacial score (nSPS) is 35.1. The van der Waals surface area contributed by atoms with Gasteiger partial charge >= 0.3 is 0 Å². The van der Waals surface area contributed by atoms with E-state index in [1.54, 1.807) is 5.56 Å². The van der Waals surface area contributed by atoms with Crippen LogP contribution in [0.5, 0.6) is 0 Å². The fourth-order valence-electron chi connectivity index (χ4n) is 7.76. The number of hydrogen-bond donors (Lipinski definition) is 1. The average molecular weight is 469 g/mol. The van der Waals surface area contributed by atoms with Gasteiger partial charge in [-0.3, -0.25) is 10.2 Å². The molecule has 2 aromatic carbocycles. The molecule has 4 fully saturated rings. The van der Waals surface area contributed by atoms with Crippen LogP contribution in [0.25, 0.3) is 6.08 Å². The molecule has 2 saturated heterocycles. The first kappa shape index (κ1) is 22.3. The van der Waals surface area contributed by atoms with Gasteiger partial charge in [0.05, 0.1) is 0 Å². The molecule has 1 N–H and O–H groups in total. The Labute approximate surface area is 210 Å². The number of likely N-dealkylation sites (tertiary alicyclic amines) is 1. The molecular weight excluding hydrogens is 428 g/mol. The second-order valence-electron chi connectivity index (χ2n) is 13.1. The number of nitrogens with one attached hydrogen (secondary N) is 1. The zero-order chi connectivity index (χ0) is 23.8. The molecule has 2 spiro atoms. The van der Waals surface area contributed by atoms with E-state index in [0.29, 0.717) is 16.7 Å². The summed E-state index contributed by atoms with van der Waals surface area (Å²) in [5.74, 6) is 0.704. The Morgan fingerprint density at radius 3 is 2.49 bits per heavy atom. The van der Waals surface area contributed by atoms with Gasteiger partial charge in [0.1, 0.15) is 12.3 Å². The summed E-state index contributed by atoms with van der Waals surface area (Å²) >= 11 is 0. The molecule has 2 saturated carbocycles. The largest absolute Gasteiger partial charge is 0.348 e. The molecule has 3 nitrogen and oxygen atoms in total. The van der Waals surface area contributed by atoms with Crippen molar-refractivity contribution in [3.63, 3.8) is 0 Å². The Morgan fingerprint density at radius 2 is 1.71 bits per heavy atom. The summed E-state index contributed by atoms with van der Waals surface area (Å²) in [4.78, 5) is 2.89. The minimum absolute atomic E-state index is 0.0861. The van der Waals surface area contributed by atoms with Gasteiger partial charge in [0, 0.05) is 23.5 Å². The number of allylic oxidation sites excluding steroid dienone is 1. The highest BCUT2D eigenvalue weighted by molar-refractivity contribution is 5.67. The van der Waals surface area contributed by atoms with Gasteiger partial charge in [0.15, 0.2) is 0 Å². The van der Waals surface area contributed by atoms with E-state index in [1.165, 1.54) is 68.3 Å². The van der Waals surface area contributed by atoms with Crippen molar-refractivity contribution < 1.29 is 4.74 Å². The fraction of sp³-hybridized carbons (Fsp3) is 0.562. The molecule has 2 aliphatic heterocycles. The summed E-state index contributed by atoms with van der Waals surface area (Å²) in [5.41, 5.74) is 6.79. The minimum atomic E-state index is 0.0861. The van der Waals surface area contributed by atoms with Crippen LogP contribution in [-0.2, 0) is 10.2 Å². The third-order valence-corrected chi connectivity index (χ3v) is 9.81. The van der Waals surface area contributed by atoms with Crippen molar-refractivity contribution in [2.75, 3.05) is 13.1 Å². The van der Waals surface area contributed by atoms with Crippen LogP contribution in [-0.4, -0.2) is 35.8 Å². The molecule has 0 aromatic heterocycles. The number of benzene rings is 2. The molecule has 2 aromatic rings. The van der Waals surface area contributed by atoms with Gasteiger partial charge in [-0.1, -0.05) is 60.7 Å². The Balaban J connectivity index is 1.000. The molecule has 5 aliphatic rings. The van der Waals surface area contributed by atoms with Crippen molar-refractivity contribution in [2.24, 2.45) is 5.41 Å². The molecule has 0 amide bonds. The Bertz CT molecular complexity index is 1140. The van der Waals surface area contributed by atoms with E-state index in [0.717, 1.165) is 6.04 Å². The first-order valence-electron chi connectivity index (χ1n) is 13.9. The van der Waals surface area contributed by atoms with Crippen molar-refractivity contribution in [3.8, 4) is 0 Å². The van der Waals surface area contributed by atoms with Gasteiger partial charge < -0.3 is 4.74 Å². The number of rotatable bonds is 4. The van der Waals surface area contributed by atoms with Gasteiger partial charge in [-0.2, -0.15) is 0 Å².